The Balaban J connectivity index is 2.07. The number of carbonyl (C=O) groups is 3. The minimum Gasteiger partial charge on any atom is -0.406 e. The Bertz CT molecular complexity index is 504. The maximum absolute atomic E-state index is 11.9. The van der Waals surface area contributed by atoms with Crippen LogP contribution in [0.3, 0.4) is 0 Å². The first kappa shape index (κ1) is 15.3. The quantitative estimate of drug-likeness (QED) is 0.543. The third kappa shape index (κ3) is 4.44. The Labute approximate surface area is 123 Å². The minimum absolute atomic E-state index is 0.104. The second-order valence-corrected chi connectivity index (χ2v) is 5.39. The van der Waals surface area contributed by atoms with E-state index in [0.29, 0.717) is 12.8 Å². The normalized spacial score (nSPS) is 18.5. The van der Waals surface area contributed by atoms with Crippen LogP contribution in [-0.2, 0) is 19.1 Å². The van der Waals surface area contributed by atoms with E-state index in [0.717, 1.165) is 30.8 Å². The van der Waals surface area contributed by atoms with Gasteiger partial charge in [0.05, 0.1) is 5.57 Å². The molecular formula is C15H20N2O4. The van der Waals surface area contributed by atoms with Crippen LogP contribution < -0.4 is 10.6 Å². The van der Waals surface area contributed by atoms with Crippen LogP contribution in [0.5, 0.6) is 0 Å². The van der Waals surface area contributed by atoms with Gasteiger partial charge in [-0.15, -0.1) is 0 Å². The van der Waals surface area contributed by atoms with Crippen LogP contribution in [0.4, 0.5) is 0 Å². The van der Waals surface area contributed by atoms with Gasteiger partial charge in [-0.25, -0.2) is 4.79 Å². The molecule has 0 aromatic carbocycles. The summed E-state index contributed by atoms with van der Waals surface area (Å²) in [6.45, 7) is 0. The van der Waals surface area contributed by atoms with E-state index < -0.39 is 11.9 Å². The summed E-state index contributed by atoms with van der Waals surface area (Å²) in [7, 11) is 1.56. The van der Waals surface area contributed by atoms with Crippen LogP contribution in [0, 0.1) is 5.92 Å². The summed E-state index contributed by atoms with van der Waals surface area (Å²) >= 11 is 0. The number of carbonyl (C=O) groups excluding carboxylic acids is 3. The van der Waals surface area contributed by atoms with Crippen molar-refractivity contribution >= 4 is 18.3 Å². The number of nitrogens with one attached hydrogen (secondary N) is 2. The predicted octanol–water partition coefficient (Wildman–Crippen LogP) is 1.14. The second kappa shape index (κ2) is 7.06. The third-order valence-corrected chi connectivity index (χ3v) is 3.70. The van der Waals surface area contributed by atoms with Crippen molar-refractivity contribution in [2.24, 2.45) is 5.92 Å². The summed E-state index contributed by atoms with van der Waals surface area (Å²) in [5.41, 5.74) is 1.13. The summed E-state index contributed by atoms with van der Waals surface area (Å²) in [4.78, 5) is 34.1. The van der Waals surface area contributed by atoms with E-state index in [9.17, 15) is 14.4 Å². The van der Waals surface area contributed by atoms with Gasteiger partial charge in [-0.2, -0.15) is 0 Å². The molecule has 2 amide bonds. The van der Waals surface area contributed by atoms with Gasteiger partial charge in [0, 0.05) is 19.5 Å². The fourth-order valence-electron chi connectivity index (χ4n) is 2.43. The summed E-state index contributed by atoms with van der Waals surface area (Å²) in [5.74, 6) is -0.0933. The molecule has 0 atom stereocenters. The zero-order valence-electron chi connectivity index (χ0n) is 12.1. The molecule has 0 aromatic heterocycles. The van der Waals surface area contributed by atoms with Gasteiger partial charge < -0.3 is 10.1 Å². The average Bonchev–Trinajstić information content (AvgIpc) is 3.26. The van der Waals surface area contributed by atoms with Crippen molar-refractivity contribution in [1.29, 1.82) is 0 Å². The minimum atomic E-state index is -0.544. The molecule has 21 heavy (non-hydrogen) atoms. The van der Waals surface area contributed by atoms with Gasteiger partial charge in [-0.3, -0.25) is 14.9 Å². The van der Waals surface area contributed by atoms with Gasteiger partial charge >= 0.3 is 5.97 Å². The Hall–Kier alpha value is -2.11. The van der Waals surface area contributed by atoms with E-state index in [1.807, 2.05) is 0 Å². The number of esters is 1. The van der Waals surface area contributed by atoms with Crippen molar-refractivity contribution in [1.82, 2.24) is 10.6 Å². The smallest absolute Gasteiger partial charge is 0.337 e. The maximum Gasteiger partial charge on any atom is 0.337 e. The lowest BCUT2D eigenvalue weighted by Gasteiger charge is -2.11. The fraction of sp³-hybridized carbons (Fsp3) is 0.533. The van der Waals surface area contributed by atoms with E-state index in [-0.39, 0.29) is 11.5 Å². The van der Waals surface area contributed by atoms with Gasteiger partial charge in [0.1, 0.15) is 0 Å². The topological polar surface area (TPSA) is 84.5 Å². The molecule has 2 N–H and O–H groups in total. The van der Waals surface area contributed by atoms with Crippen molar-refractivity contribution in [2.45, 2.75) is 38.5 Å². The van der Waals surface area contributed by atoms with Crippen molar-refractivity contribution < 1.29 is 19.1 Å². The van der Waals surface area contributed by atoms with Crippen LogP contribution in [0.2, 0.25) is 0 Å². The van der Waals surface area contributed by atoms with Gasteiger partial charge in [-0.1, -0.05) is 24.8 Å². The fourth-order valence-corrected chi connectivity index (χ4v) is 2.43. The average molecular weight is 292 g/mol. The first-order chi connectivity index (χ1) is 10.1. The highest BCUT2D eigenvalue weighted by Crippen LogP contribution is 2.35. The van der Waals surface area contributed by atoms with E-state index in [1.165, 1.54) is 18.9 Å². The summed E-state index contributed by atoms with van der Waals surface area (Å²) in [5, 5.41) is 4.79. The lowest BCUT2D eigenvalue weighted by molar-refractivity contribution is -0.134. The molecule has 6 nitrogen and oxygen atoms in total. The summed E-state index contributed by atoms with van der Waals surface area (Å²) in [6.07, 6.45) is 7.62. The number of imide groups is 1. The lowest BCUT2D eigenvalue weighted by atomic mass is 9.99. The van der Waals surface area contributed by atoms with E-state index in [4.69, 9.17) is 4.74 Å². The van der Waals surface area contributed by atoms with Gasteiger partial charge in [0.2, 0.25) is 12.3 Å². The molecular weight excluding hydrogens is 272 g/mol. The lowest BCUT2D eigenvalue weighted by Crippen LogP contribution is -2.27. The first-order valence-electron chi connectivity index (χ1n) is 7.20. The highest BCUT2D eigenvalue weighted by molar-refractivity contribution is 6.01. The van der Waals surface area contributed by atoms with Crippen LogP contribution in [0.1, 0.15) is 38.5 Å². The number of cyclic esters (lactones) is 1. The molecule has 1 aliphatic heterocycles. The Morgan fingerprint density at radius 2 is 2.24 bits per heavy atom. The van der Waals surface area contributed by atoms with E-state index >= 15 is 0 Å². The van der Waals surface area contributed by atoms with Crippen molar-refractivity contribution in [2.75, 3.05) is 7.05 Å². The monoisotopic (exact) mass is 292 g/mol. The molecule has 0 saturated heterocycles. The largest absolute Gasteiger partial charge is 0.406 e. The Morgan fingerprint density at radius 3 is 2.86 bits per heavy atom. The Morgan fingerprint density at radius 1 is 1.48 bits per heavy atom. The Kier molecular flexibility index (Phi) is 5.14. The molecule has 1 aliphatic carbocycles. The number of hydrogen-bond donors (Lipinski definition) is 2. The highest BCUT2D eigenvalue weighted by Gasteiger charge is 2.24. The van der Waals surface area contributed by atoms with Crippen LogP contribution >= 0.6 is 0 Å². The van der Waals surface area contributed by atoms with Crippen molar-refractivity contribution in [3.8, 4) is 0 Å². The molecule has 0 radical (unpaired) electrons. The molecule has 1 fully saturated rings. The van der Waals surface area contributed by atoms with E-state index in [1.54, 1.807) is 7.05 Å². The molecule has 6 heteroatoms. The van der Waals surface area contributed by atoms with Crippen LogP contribution in [0.25, 0.3) is 0 Å². The van der Waals surface area contributed by atoms with Gasteiger partial charge in [0.25, 0.3) is 5.91 Å². The number of hydrogen-bond acceptors (Lipinski definition) is 5. The van der Waals surface area contributed by atoms with Gasteiger partial charge in [0.15, 0.2) is 0 Å². The zero-order chi connectivity index (χ0) is 15.2. The number of rotatable bonds is 7. The van der Waals surface area contributed by atoms with Crippen molar-refractivity contribution in [3.05, 3.63) is 23.1 Å². The molecule has 0 spiro atoms. The third-order valence-electron chi connectivity index (χ3n) is 3.70. The maximum atomic E-state index is 11.9. The SMILES string of the molecule is CNC1=C(C(=O)NC=O)CC(CCCC2CC2)=CC(=O)O1. The van der Waals surface area contributed by atoms with Crippen LogP contribution in [-0.4, -0.2) is 25.3 Å². The van der Waals surface area contributed by atoms with Crippen LogP contribution in [0.15, 0.2) is 23.1 Å². The molecule has 114 valence electrons. The number of ether oxygens (including phenoxy) is 1. The molecule has 0 unspecified atom stereocenters. The molecule has 2 aliphatic rings. The summed E-state index contributed by atoms with van der Waals surface area (Å²) < 4.78 is 5.09. The first-order valence-corrected chi connectivity index (χ1v) is 7.20. The van der Waals surface area contributed by atoms with Gasteiger partial charge in [-0.05, 0) is 18.8 Å². The number of allylic oxidation sites excluding steroid dienone is 1. The predicted molar refractivity (Wildman–Crippen MR) is 75.7 cm³/mol. The van der Waals surface area contributed by atoms with E-state index in [2.05, 4.69) is 10.6 Å². The van der Waals surface area contributed by atoms with Crippen molar-refractivity contribution in [3.63, 3.8) is 0 Å². The zero-order valence-corrected chi connectivity index (χ0v) is 12.1. The molecule has 1 heterocycles. The molecule has 0 bridgehead atoms. The summed E-state index contributed by atoms with van der Waals surface area (Å²) in [6, 6.07) is 0. The molecule has 0 aromatic rings. The second-order valence-electron chi connectivity index (χ2n) is 5.39. The standard InChI is InChI=1S/C15H20N2O4/c1-16-15-12(14(20)17-9-18)7-11(8-13(19)21-15)4-2-3-10-5-6-10/h8-10,16H,2-7H2,1H3,(H,17,18,20). The molecule has 1 saturated carbocycles. The molecule has 2 rings (SSSR count). The number of amides is 2. The highest BCUT2D eigenvalue weighted by atomic mass is 16.5.